The van der Waals surface area contributed by atoms with E-state index in [9.17, 15) is 9.18 Å². The maximum absolute atomic E-state index is 13.4. The molecule has 0 radical (unpaired) electrons. The molecule has 2 aromatic rings. The average molecular weight is 269 g/mol. The normalized spacial score (nSPS) is 9.85. The summed E-state index contributed by atoms with van der Waals surface area (Å²) in [7, 11) is 0. The first-order chi connectivity index (χ1) is 9.60. The van der Waals surface area contributed by atoms with Crippen LogP contribution in [-0.4, -0.2) is 5.97 Å². The molecule has 3 nitrogen and oxygen atoms in total. The maximum atomic E-state index is 13.4. The predicted molar refractivity (Wildman–Crippen MR) is 71.4 cm³/mol. The quantitative estimate of drug-likeness (QED) is 0.803. The maximum Gasteiger partial charge on any atom is 0.338 e. The summed E-state index contributed by atoms with van der Waals surface area (Å²) in [6, 6.07) is 13.0. The van der Waals surface area contributed by atoms with Crippen molar-refractivity contribution in [2.24, 2.45) is 0 Å². The number of carbonyl (C=O) groups excluding carboxylic acids is 1. The fraction of sp³-hybridized carbons (Fsp3) is 0.125. The molecule has 0 aromatic heterocycles. The van der Waals surface area contributed by atoms with Crippen molar-refractivity contribution in [2.45, 2.75) is 13.5 Å². The molecule has 100 valence electrons. The fourth-order valence-electron chi connectivity index (χ4n) is 1.68. The fourth-order valence-corrected chi connectivity index (χ4v) is 1.68. The Kier molecular flexibility index (Phi) is 4.11. The van der Waals surface area contributed by atoms with Gasteiger partial charge in [-0.05, 0) is 42.3 Å². The zero-order valence-corrected chi connectivity index (χ0v) is 10.9. The largest absolute Gasteiger partial charge is 0.457 e. The number of nitriles is 1. The van der Waals surface area contributed by atoms with E-state index >= 15 is 0 Å². The third-order valence-corrected chi connectivity index (χ3v) is 2.83. The number of carbonyl (C=O) groups is 1. The van der Waals surface area contributed by atoms with Crippen LogP contribution in [0.5, 0.6) is 0 Å². The lowest BCUT2D eigenvalue weighted by molar-refractivity contribution is 0.0472. The van der Waals surface area contributed by atoms with Crippen LogP contribution in [-0.2, 0) is 11.3 Å². The van der Waals surface area contributed by atoms with Crippen LogP contribution in [0.25, 0.3) is 0 Å². The third-order valence-electron chi connectivity index (χ3n) is 2.83. The number of nitrogens with zero attached hydrogens (tertiary/aromatic N) is 1. The number of benzene rings is 2. The van der Waals surface area contributed by atoms with Crippen LogP contribution in [0.2, 0.25) is 0 Å². The van der Waals surface area contributed by atoms with Gasteiger partial charge >= 0.3 is 5.97 Å². The number of hydrogen-bond acceptors (Lipinski definition) is 3. The van der Waals surface area contributed by atoms with Gasteiger partial charge in [-0.2, -0.15) is 5.26 Å². The minimum absolute atomic E-state index is 0.0455. The number of hydrogen-bond donors (Lipinski definition) is 0. The zero-order valence-electron chi connectivity index (χ0n) is 10.9. The van der Waals surface area contributed by atoms with Gasteiger partial charge in [0.2, 0.25) is 0 Å². The van der Waals surface area contributed by atoms with Gasteiger partial charge < -0.3 is 4.74 Å². The van der Waals surface area contributed by atoms with E-state index in [0.29, 0.717) is 16.7 Å². The van der Waals surface area contributed by atoms with Crippen molar-refractivity contribution < 1.29 is 13.9 Å². The van der Waals surface area contributed by atoms with Crippen LogP contribution in [0, 0.1) is 24.1 Å². The first kappa shape index (κ1) is 13.8. The van der Waals surface area contributed by atoms with E-state index in [1.165, 1.54) is 12.1 Å². The molecule has 0 aliphatic heterocycles. The van der Waals surface area contributed by atoms with Crippen molar-refractivity contribution in [3.05, 3.63) is 70.5 Å². The molecule has 20 heavy (non-hydrogen) atoms. The zero-order chi connectivity index (χ0) is 14.5. The van der Waals surface area contributed by atoms with E-state index in [1.54, 1.807) is 31.2 Å². The Morgan fingerprint density at radius 2 is 2.10 bits per heavy atom. The van der Waals surface area contributed by atoms with E-state index in [2.05, 4.69) is 0 Å². The molecule has 0 aliphatic carbocycles. The van der Waals surface area contributed by atoms with Crippen molar-refractivity contribution >= 4 is 5.97 Å². The smallest absolute Gasteiger partial charge is 0.338 e. The van der Waals surface area contributed by atoms with Crippen molar-refractivity contribution in [1.82, 2.24) is 0 Å². The SMILES string of the molecule is Cc1ccc(C(=O)OCc2cccc(C#N)c2)cc1F. The second-order valence-electron chi connectivity index (χ2n) is 4.35. The second kappa shape index (κ2) is 5.98. The Morgan fingerprint density at radius 3 is 2.80 bits per heavy atom. The summed E-state index contributed by atoms with van der Waals surface area (Å²) < 4.78 is 18.5. The molecule has 2 rings (SSSR count). The molecule has 0 atom stereocenters. The van der Waals surface area contributed by atoms with Crippen LogP contribution in [0.3, 0.4) is 0 Å². The molecular weight excluding hydrogens is 257 g/mol. The topological polar surface area (TPSA) is 50.1 Å². The van der Waals surface area contributed by atoms with Gasteiger partial charge in [0, 0.05) is 0 Å². The van der Waals surface area contributed by atoms with E-state index in [1.807, 2.05) is 6.07 Å². The molecule has 0 spiro atoms. The van der Waals surface area contributed by atoms with Crippen molar-refractivity contribution in [2.75, 3.05) is 0 Å². The lowest BCUT2D eigenvalue weighted by atomic mass is 10.1. The average Bonchev–Trinajstić information content (AvgIpc) is 2.47. The van der Waals surface area contributed by atoms with E-state index in [0.717, 1.165) is 6.07 Å². The molecule has 0 heterocycles. The Balaban J connectivity index is 2.05. The summed E-state index contributed by atoms with van der Waals surface area (Å²) in [5.41, 5.74) is 1.86. The van der Waals surface area contributed by atoms with Crippen molar-refractivity contribution in [3.63, 3.8) is 0 Å². The number of esters is 1. The molecule has 0 saturated heterocycles. The number of ether oxygens (including phenoxy) is 1. The second-order valence-corrected chi connectivity index (χ2v) is 4.35. The van der Waals surface area contributed by atoms with E-state index in [4.69, 9.17) is 10.00 Å². The Morgan fingerprint density at radius 1 is 1.30 bits per heavy atom. The van der Waals surface area contributed by atoms with Gasteiger partial charge in [0.15, 0.2) is 0 Å². The molecule has 4 heteroatoms. The van der Waals surface area contributed by atoms with Crippen molar-refractivity contribution in [3.8, 4) is 6.07 Å². The van der Waals surface area contributed by atoms with Crippen LogP contribution < -0.4 is 0 Å². The third kappa shape index (κ3) is 3.21. The number of halogens is 1. The highest BCUT2D eigenvalue weighted by Gasteiger charge is 2.09. The van der Waals surface area contributed by atoms with Crippen LogP contribution >= 0.6 is 0 Å². The van der Waals surface area contributed by atoms with Gasteiger partial charge in [-0.1, -0.05) is 18.2 Å². The van der Waals surface area contributed by atoms with Crippen LogP contribution in [0.1, 0.15) is 27.0 Å². The van der Waals surface area contributed by atoms with Gasteiger partial charge in [-0.25, -0.2) is 9.18 Å². The first-order valence-electron chi connectivity index (χ1n) is 6.02. The van der Waals surface area contributed by atoms with Crippen LogP contribution in [0.4, 0.5) is 4.39 Å². The molecule has 0 amide bonds. The molecule has 0 N–H and O–H groups in total. The number of rotatable bonds is 3. The molecule has 0 aliphatic rings. The Hall–Kier alpha value is -2.67. The standard InChI is InChI=1S/C16H12FNO2/c1-11-5-6-14(8-15(11)17)16(19)20-10-13-4-2-3-12(7-13)9-18/h2-8H,10H2,1H3. The molecule has 0 unspecified atom stereocenters. The summed E-state index contributed by atoms with van der Waals surface area (Å²) in [4.78, 5) is 11.8. The van der Waals surface area contributed by atoms with Gasteiger partial charge in [-0.3, -0.25) is 0 Å². The first-order valence-corrected chi connectivity index (χ1v) is 6.02. The lowest BCUT2D eigenvalue weighted by Gasteiger charge is -2.06. The summed E-state index contributed by atoms with van der Waals surface area (Å²) in [6.07, 6.45) is 0. The minimum Gasteiger partial charge on any atom is -0.457 e. The summed E-state index contributed by atoms with van der Waals surface area (Å²) >= 11 is 0. The van der Waals surface area contributed by atoms with Crippen molar-refractivity contribution in [1.29, 1.82) is 5.26 Å². The number of aryl methyl sites for hydroxylation is 1. The van der Waals surface area contributed by atoms with Gasteiger partial charge in [0.1, 0.15) is 12.4 Å². The monoisotopic (exact) mass is 269 g/mol. The molecule has 0 bridgehead atoms. The predicted octanol–water partition coefficient (Wildman–Crippen LogP) is 3.36. The molecule has 0 saturated carbocycles. The van der Waals surface area contributed by atoms with Gasteiger partial charge in [0.25, 0.3) is 0 Å². The molecule has 0 fully saturated rings. The highest BCUT2D eigenvalue weighted by Crippen LogP contribution is 2.12. The Labute approximate surface area is 116 Å². The summed E-state index contributed by atoms with van der Waals surface area (Å²) in [5, 5.41) is 8.77. The van der Waals surface area contributed by atoms with E-state index in [-0.39, 0.29) is 12.2 Å². The summed E-state index contributed by atoms with van der Waals surface area (Å²) in [6.45, 7) is 1.67. The molecular formula is C16H12FNO2. The Bertz CT molecular complexity index is 689. The van der Waals surface area contributed by atoms with E-state index < -0.39 is 11.8 Å². The van der Waals surface area contributed by atoms with Crippen LogP contribution in [0.15, 0.2) is 42.5 Å². The van der Waals surface area contributed by atoms with Gasteiger partial charge in [0.05, 0.1) is 17.2 Å². The highest BCUT2D eigenvalue weighted by atomic mass is 19.1. The lowest BCUT2D eigenvalue weighted by Crippen LogP contribution is -2.06. The minimum atomic E-state index is -0.591. The molecule has 2 aromatic carbocycles. The van der Waals surface area contributed by atoms with Gasteiger partial charge in [-0.15, -0.1) is 0 Å². The highest BCUT2D eigenvalue weighted by molar-refractivity contribution is 5.89. The summed E-state index contributed by atoms with van der Waals surface area (Å²) in [5.74, 6) is -1.03.